The van der Waals surface area contributed by atoms with Crippen molar-refractivity contribution in [3.63, 3.8) is 0 Å². The second kappa shape index (κ2) is 4.54. The molecule has 2 bridgehead atoms. The molecule has 5 atom stereocenters. The molecule has 3 fully saturated rings. The van der Waals surface area contributed by atoms with Crippen LogP contribution in [0.1, 0.15) is 18.4 Å². The van der Waals surface area contributed by atoms with Crippen molar-refractivity contribution in [2.24, 2.45) is 23.7 Å². The third kappa shape index (κ3) is 1.87. The Morgan fingerprint density at radius 3 is 3.13 bits per heavy atom. The number of aromatic nitrogens is 1. The number of nitrogens with zero attached hydrogens (tertiary/aromatic N) is 1. The number of carbonyl (C=O) groups excluding carboxylic acids is 2. The molecule has 6 heteroatoms. The zero-order chi connectivity index (χ0) is 15.7. The Bertz CT molecular complexity index is 843. The number of hydrogen-bond donors (Lipinski definition) is 1. The van der Waals surface area contributed by atoms with Gasteiger partial charge in [0.25, 0.3) is 0 Å². The van der Waals surface area contributed by atoms with Crippen molar-refractivity contribution in [1.82, 2.24) is 4.98 Å². The highest BCUT2D eigenvalue weighted by Gasteiger charge is 2.63. The van der Waals surface area contributed by atoms with Crippen LogP contribution in [0.2, 0.25) is 0 Å². The maximum atomic E-state index is 12.7. The van der Waals surface area contributed by atoms with Gasteiger partial charge in [-0.3, -0.25) is 9.59 Å². The van der Waals surface area contributed by atoms with E-state index in [-0.39, 0.29) is 41.7 Å². The molecule has 1 aromatic carbocycles. The largest absolute Gasteiger partial charge is 0.462 e. The van der Waals surface area contributed by atoms with Crippen molar-refractivity contribution in [2.45, 2.75) is 25.9 Å². The number of fused-ring (bicyclic) bond motifs is 2. The summed E-state index contributed by atoms with van der Waals surface area (Å²) in [5.41, 5.74) is 2.07. The second-order valence-electron chi connectivity index (χ2n) is 6.90. The van der Waals surface area contributed by atoms with E-state index in [2.05, 4.69) is 16.4 Å². The Labute approximate surface area is 137 Å². The number of hydrogen-bond acceptors (Lipinski definition) is 5. The minimum absolute atomic E-state index is 0.0620. The minimum Gasteiger partial charge on any atom is -0.462 e. The van der Waals surface area contributed by atoms with Crippen LogP contribution in [0.4, 0.5) is 5.13 Å². The van der Waals surface area contributed by atoms with Gasteiger partial charge < -0.3 is 10.1 Å². The van der Waals surface area contributed by atoms with E-state index in [1.54, 1.807) is 0 Å². The smallest absolute Gasteiger partial charge is 0.310 e. The van der Waals surface area contributed by atoms with Crippen LogP contribution >= 0.6 is 11.3 Å². The minimum atomic E-state index is -0.250. The van der Waals surface area contributed by atoms with E-state index in [4.69, 9.17) is 4.74 Å². The Morgan fingerprint density at radius 1 is 1.39 bits per heavy atom. The monoisotopic (exact) mass is 328 g/mol. The summed E-state index contributed by atoms with van der Waals surface area (Å²) in [5, 5.41) is 3.55. The lowest BCUT2D eigenvalue weighted by Gasteiger charge is -2.22. The highest BCUT2D eigenvalue weighted by Crippen LogP contribution is 2.57. The fourth-order valence-electron chi connectivity index (χ4n) is 4.64. The second-order valence-corrected chi connectivity index (χ2v) is 7.93. The van der Waals surface area contributed by atoms with Crippen LogP contribution in [0.3, 0.4) is 0 Å². The van der Waals surface area contributed by atoms with Gasteiger partial charge in [0.15, 0.2) is 5.13 Å². The van der Waals surface area contributed by atoms with E-state index in [0.29, 0.717) is 5.13 Å². The number of esters is 1. The molecule has 1 N–H and O–H groups in total. The van der Waals surface area contributed by atoms with Crippen LogP contribution in [0.5, 0.6) is 0 Å². The molecule has 3 aliphatic rings. The maximum absolute atomic E-state index is 12.7. The van der Waals surface area contributed by atoms with E-state index < -0.39 is 0 Å². The van der Waals surface area contributed by atoms with Crippen molar-refractivity contribution in [2.75, 3.05) is 5.32 Å². The zero-order valence-corrected chi connectivity index (χ0v) is 13.4. The number of anilines is 1. The Morgan fingerprint density at radius 2 is 2.26 bits per heavy atom. The van der Waals surface area contributed by atoms with Crippen LogP contribution < -0.4 is 5.32 Å². The van der Waals surface area contributed by atoms with E-state index in [1.807, 2.05) is 19.1 Å². The van der Waals surface area contributed by atoms with Crippen LogP contribution in [0, 0.1) is 30.6 Å². The molecular weight excluding hydrogens is 312 g/mol. The predicted molar refractivity (Wildman–Crippen MR) is 86.1 cm³/mol. The summed E-state index contributed by atoms with van der Waals surface area (Å²) in [6.45, 7) is 2.04. The highest BCUT2D eigenvalue weighted by atomic mass is 32.1. The lowest BCUT2D eigenvalue weighted by molar-refractivity contribution is -0.145. The molecule has 1 amide bonds. The van der Waals surface area contributed by atoms with Gasteiger partial charge in [0.05, 0.1) is 22.1 Å². The van der Waals surface area contributed by atoms with E-state index in [0.717, 1.165) is 23.1 Å². The highest BCUT2D eigenvalue weighted by molar-refractivity contribution is 7.22. The third-order valence-electron chi connectivity index (χ3n) is 5.56. The topological polar surface area (TPSA) is 68.3 Å². The average molecular weight is 328 g/mol. The number of rotatable bonds is 2. The van der Waals surface area contributed by atoms with Crippen molar-refractivity contribution >= 4 is 38.6 Å². The Kier molecular flexibility index (Phi) is 2.66. The molecule has 1 aliphatic heterocycles. The van der Waals surface area contributed by atoms with Gasteiger partial charge in [-0.25, -0.2) is 4.98 Å². The molecule has 1 aromatic heterocycles. The van der Waals surface area contributed by atoms with Gasteiger partial charge in [-0.05, 0) is 43.4 Å². The molecule has 2 heterocycles. The summed E-state index contributed by atoms with van der Waals surface area (Å²) >= 11 is 1.48. The maximum Gasteiger partial charge on any atom is 0.310 e. The summed E-state index contributed by atoms with van der Waals surface area (Å²) in [4.78, 5) is 29.2. The first-order valence-electron chi connectivity index (χ1n) is 7.99. The predicted octanol–water partition coefficient (Wildman–Crippen LogP) is 2.74. The molecule has 2 aromatic rings. The normalized spacial score (nSPS) is 34.1. The summed E-state index contributed by atoms with van der Waals surface area (Å²) in [6.07, 6.45) is 1.84. The Hall–Kier alpha value is -1.95. The zero-order valence-electron chi connectivity index (χ0n) is 12.6. The average Bonchev–Trinajstić information content (AvgIpc) is 3.19. The molecule has 1 saturated heterocycles. The number of ether oxygens (including phenoxy) is 1. The first-order chi connectivity index (χ1) is 11.1. The van der Waals surface area contributed by atoms with Gasteiger partial charge in [-0.1, -0.05) is 17.4 Å². The molecule has 0 radical (unpaired) electrons. The third-order valence-corrected chi connectivity index (χ3v) is 6.49. The Balaban J connectivity index is 1.41. The van der Waals surface area contributed by atoms with Crippen molar-refractivity contribution in [3.05, 3.63) is 23.8 Å². The molecule has 23 heavy (non-hydrogen) atoms. The van der Waals surface area contributed by atoms with Gasteiger partial charge in [0.1, 0.15) is 6.10 Å². The van der Waals surface area contributed by atoms with Crippen LogP contribution in [0.25, 0.3) is 10.2 Å². The van der Waals surface area contributed by atoms with Gasteiger partial charge in [0.2, 0.25) is 5.91 Å². The molecule has 2 saturated carbocycles. The van der Waals surface area contributed by atoms with Gasteiger partial charge in [-0.2, -0.15) is 0 Å². The number of carbonyl (C=O) groups is 2. The molecular formula is C17H16N2O3S. The summed E-state index contributed by atoms with van der Waals surface area (Å²) < 4.78 is 6.46. The van der Waals surface area contributed by atoms with Crippen LogP contribution in [0.15, 0.2) is 18.2 Å². The summed E-state index contributed by atoms with van der Waals surface area (Å²) in [7, 11) is 0. The van der Waals surface area contributed by atoms with E-state index >= 15 is 0 Å². The van der Waals surface area contributed by atoms with Crippen molar-refractivity contribution < 1.29 is 14.3 Å². The number of aryl methyl sites for hydroxylation is 1. The number of nitrogens with one attached hydrogen (secondary N) is 1. The lowest BCUT2D eigenvalue weighted by atomic mass is 9.79. The standard InChI is InChI=1S/C17H16N2O3S/c1-7-2-3-10-12(4-7)23-17(18-10)19-15(20)13-8-5-9-11(6-8)22-16(21)14(9)13/h2-4,8-9,11,13-14H,5-6H2,1H3,(H,18,19,20)/t8-,9+,11+,13-,14+/m1/s1. The molecule has 5 nitrogen and oxygen atoms in total. The van der Waals surface area contributed by atoms with Crippen LogP contribution in [-0.4, -0.2) is 23.0 Å². The fourth-order valence-corrected chi connectivity index (χ4v) is 5.60. The molecule has 5 rings (SSSR count). The molecule has 0 spiro atoms. The number of amides is 1. The molecule has 0 unspecified atom stereocenters. The first-order valence-corrected chi connectivity index (χ1v) is 8.80. The number of thiazole rings is 1. The van der Waals surface area contributed by atoms with Gasteiger partial charge >= 0.3 is 5.97 Å². The quantitative estimate of drug-likeness (QED) is 0.861. The lowest BCUT2D eigenvalue weighted by Crippen LogP contribution is -2.35. The van der Waals surface area contributed by atoms with Gasteiger partial charge in [-0.15, -0.1) is 0 Å². The van der Waals surface area contributed by atoms with Gasteiger partial charge in [0, 0.05) is 5.92 Å². The van der Waals surface area contributed by atoms with Crippen molar-refractivity contribution in [1.29, 1.82) is 0 Å². The first kappa shape index (κ1) is 13.5. The van der Waals surface area contributed by atoms with Crippen LogP contribution in [-0.2, 0) is 14.3 Å². The SMILES string of the molecule is Cc1ccc2nc(NC(=O)[C@@H]3[C@@H]4C[C@@H]5[C@@H]3C(=O)O[C@H]5C4)sc2c1. The van der Waals surface area contributed by atoms with E-state index in [9.17, 15) is 9.59 Å². The molecule has 118 valence electrons. The number of benzene rings is 1. The van der Waals surface area contributed by atoms with Crippen molar-refractivity contribution in [3.8, 4) is 0 Å². The molecule has 2 aliphatic carbocycles. The van der Waals surface area contributed by atoms with E-state index in [1.165, 1.54) is 16.9 Å². The summed E-state index contributed by atoms with van der Waals surface area (Å²) in [5.74, 6) is -0.217. The summed E-state index contributed by atoms with van der Waals surface area (Å²) in [6, 6.07) is 6.05. The fraction of sp³-hybridized carbons (Fsp3) is 0.471.